The number of amides is 1. The lowest BCUT2D eigenvalue weighted by Gasteiger charge is -2.33. The lowest BCUT2D eigenvalue weighted by atomic mass is 10.0. The number of anilines is 1. The number of phenols is 1. The number of ether oxygens (including phenoxy) is 2. The highest BCUT2D eigenvalue weighted by Crippen LogP contribution is 2.32. The number of rotatable bonds is 6. The normalized spacial score (nSPS) is 14.5. The Morgan fingerprint density at radius 1 is 1.19 bits per heavy atom. The fraction of sp³-hybridized carbons (Fsp3) is 0.348. The van der Waals surface area contributed by atoms with Gasteiger partial charge >= 0.3 is 6.09 Å². The third-order valence-electron chi connectivity index (χ3n) is 5.42. The number of piperidine rings is 1. The zero-order chi connectivity index (χ0) is 22.5. The predicted octanol–water partition coefficient (Wildman–Crippen LogP) is 3.48. The summed E-state index contributed by atoms with van der Waals surface area (Å²) >= 11 is 0. The molecule has 32 heavy (non-hydrogen) atoms. The minimum absolute atomic E-state index is 0.0243. The van der Waals surface area contributed by atoms with Crippen molar-refractivity contribution in [3.63, 3.8) is 0 Å². The fourth-order valence-electron chi connectivity index (χ4n) is 3.77. The molecule has 3 aromatic rings. The monoisotopic (exact) mass is 440 g/mol. The van der Waals surface area contributed by atoms with Gasteiger partial charge in [0, 0.05) is 31.6 Å². The number of para-hydroxylation sites is 1. The number of nitrogens with one attached hydrogen (secondary N) is 1. The number of phenolic OH excluding ortho intramolecular Hbond substituents is 1. The van der Waals surface area contributed by atoms with Crippen molar-refractivity contribution >= 4 is 22.8 Å². The van der Waals surface area contributed by atoms with E-state index in [4.69, 9.17) is 14.5 Å². The Hall–Kier alpha value is -3.46. The van der Waals surface area contributed by atoms with Crippen LogP contribution in [0.3, 0.4) is 0 Å². The molecule has 0 radical (unpaired) electrons. The summed E-state index contributed by atoms with van der Waals surface area (Å²) in [4.78, 5) is 23.2. The number of benzene rings is 2. The Bertz CT molecular complexity index is 1100. The molecule has 0 unspecified atom stereocenters. The molecular formula is C23H25FN4O4. The average molecular weight is 440 g/mol. The van der Waals surface area contributed by atoms with E-state index in [9.17, 15) is 14.3 Å². The summed E-state index contributed by atoms with van der Waals surface area (Å²) in [5, 5.41) is 13.7. The van der Waals surface area contributed by atoms with Crippen molar-refractivity contribution < 1.29 is 23.8 Å². The topological polar surface area (TPSA) is 96.8 Å². The number of carbonyl (C=O) groups is 1. The Labute approximate surface area is 185 Å². The molecule has 1 aromatic heterocycles. The van der Waals surface area contributed by atoms with Crippen LogP contribution in [0.4, 0.5) is 15.0 Å². The van der Waals surface area contributed by atoms with Gasteiger partial charge in [-0.1, -0.05) is 12.1 Å². The number of methoxy groups -OCH3 is 1. The molecule has 9 heteroatoms. The van der Waals surface area contributed by atoms with E-state index in [0.717, 1.165) is 0 Å². The van der Waals surface area contributed by atoms with E-state index in [1.165, 1.54) is 12.1 Å². The summed E-state index contributed by atoms with van der Waals surface area (Å²) in [5.41, 5.74) is 1.10. The van der Waals surface area contributed by atoms with Gasteiger partial charge in [0.25, 0.3) is 0 Å². The van der Waals surface area contributed by atoms with Crippen LogP contribution in [0.25, 0.3) is 22.3 Å². The van der Waals surface area contributed by atoms with Crippen LogP contribution in [0.1, 0.15) is 12.8 Å². The van der Waals surface area contributed by atoms with E-state index in [1.807, 2.05) is 0 Å². The van der Waals surface area contributed by atoms with Crippen molar-refractivity contribution in [1.82, 2.24) is 15.3 Å². The van der Waals surface area contributed by atoms with Crippen LogP contribution in [0, 0.1) is 5.82 Å². The summed E-state index contributed by atoms with van der Waals surface area (Å²) in [6.45, 7) is 1.79. The number of hydrogen-bond acceptors (Lipinski definition) is 7. The van der Waals surface area contributed by atoms with Gasteiger partial charge < -0.3 is 24.8 Å². The zero-order valence-corrected chi connectivity index (χ0v) is 17.8. The molecule has 0 aliphatic carbocycles. The first-order valence-corrected chi connectivity index (χ1v) is 10.5. The number of fused-ring (bicyclic) bond motifs is 1. The highest BCUT2D eigenvalue weighted by Gasteiger charge is 2.24. The van der Waals surface area contributed by atoms with Crippen molar-refractivity contribution in [3.8, 4) is 17.1 Å². The second-order valence-electron chi connectivity index (χ2n) is 7.58. The minimum atomic E-state index is -0.461. The van der Waals surface area contributed by atoms with E-state index in [2.05, 4.69) is 15.2 Å². The molecule has 2 heterocycles. The van der Waals surface area contributed by atoms with Gasteiger partial charge in [-0.05, 0) is 43.2 Å². The van der Waals surface area contributed by atoms with E-state index >= 15 is 0 Å². The van der Waals surface area contributed by atoms with Crippen molar-refractivity contribution in [2.75, 3.05) is 38.3 Å². The van der Waals surface area contributed by atoms with Gasteiger partial charge in [-0.3, -0.25) is 0 Å². The summed E-state index contributed by atoms with van der Waals surface area (Å²) in [6, 6.07) is 11.2. The molecule has 1 aliphatic rings. The van der Waals surface area contributed by atoms with E-state index < -0.39 is 6.09 Å². The first-order chi connectivity index (χ1) is 15.5. The van der Waals surface area contributed by atoms with Gasteiger partial charge in [0.15, 0.2) is 5.82 Å². The van der Waals surface area contributed by atoms with Crippen LogP contribution in [-0.2, 0) is 9.47 Å². The lowest BCUT2D eigenvalue weighted by Crippen LogP contribution is -2.45. The summed E-state index contributed by atoms with van der Waals surface area (Å²) in [5.74, 6) is 0.691. The number of alkyl carbamates (subject to hydrolysis) is 1. The third-order valence-corrected chi connectivity index (χ3v) is 5.42. The summed E-state index contributed by atoms with van der Waals surface area (Å²) in [6.07, 6.45) is 0.912. The molecule has 1 saturated heterocycles. The molecular weight excluding hydrogens is 415 g/mol. The quantitative estimate of drug-likeness (QED) is 0.567. The second kappa shape index (κ2) is 9.78. The Morgan fingerprint density at radius 2 is 1.97 bits per heavy atom. The van der Waals surface area contributed by atoms with Crippen LogP contribution in [0.15, 0.2) is 42.5 Å². The molecule has 1 fully saturated rings. The van der Waals surface area contributed by atoms with Crippen LogP contribution < -0.4 is 10.2 Å². The molecule has 0 bridgehead atoms. The first kappa shape index (κ1) is 21.8. The first-order valence-electron chi connectivity index (χ1n) is 10.5. The number of aromatic nitrogens is 2. The molecule has 1 aliphatic heterocycles. The Balaban J connectivity index is 1.55. The van der Waals surface area contributed by atoms with E-state index in [-0.39, 0.29) is 24.2 Å². The largest absolute Gasteiger partial charge is 0.507 e. The van der Waals surface area contributed by atoms with Crippen LogP contribution in [0.2, 0.25) is 0 Å². The maximum atomic E-state index is 14.0. The molecule has 8 nitrogen and oxygen atoms in total. The fourth-order valence-corrected chi connectivity index (χ4v) is 3.77. The summed E-state index contributed by atoms with van der Waals surface area (Å²) in [7, 11) is 1.55. The highest BCUT2D eigenvalue weighted by atomic mass is 19.1. The highest BCUT2D eigenvalue weighted by molar-refractivity contribution is 5.91. The maximum absolute atomic E-state index is 14.0. The number of carbonyl (C=O) groups excluding carboxylic acids is 1. The van der Waals surface area contributed by atoms with Crippen molar-refractivity contribution in [3.05, 3.63) is 48.3 Å². The molecule has 0 atom stereocenters. The Morgan fingerprint density at radius 3 is 2.72 bits per heavy atom. The van der Waals surface area contributed by atoms with Crippen LogP contribution in [0.5, 0.6) is 5.75 Å². The van der Waals surface area contributed by atoms with Crippen molar-refractivity contribution in [2.45, 2.75) is 18.9 Å². The van der Waals surface area contributed by atoms with Gasteiger partial charge in [-0.15, -0.1) is 0 Å². The maximum Gasteiger partial charge on any atom is 0.407 e. The number of nitrogens with zero attached hydrogens (tertiary/aromatic N) is 3. The van der Waals surface area contributed by atoms with Crippen LogP contribution in [-0.4, -0.2) is 60.6 Å². The number of hydrogen-bond donors (Lipinski definition) is 2. The van der Waals surface area contributed by atoms with Gasteiger partial charge in [0.2, 0.25) is 0 Å². The smallest absolute Gasteiger partial charge is 0.407 e. The number of aromatic hydroxyl groups is 1. The number of halogens is 1. The molecule has 0 spiro atoms. The summed E-state index contributed by atoms with van der Waals surface area (Å²) < 4.78 is 24.0. The van der Waals surface area contributed by atoms with Gasteiger partial charge in [0.05, 0.1) is 17.7 Å². The second-order valence-corrected chi connectivity index (χ2v) is 7.58. The molecule has 2 N–H and O–H groups in total. The Kier molecular flexibility index (Phi) is 6.65. The average Bonchev–Trinajstić information content (AvgIpc) is 2.79. The van der Waals surface area contributed by atoms with Crippen molar-refractivity contribution in [2.24, 2.45) is 0 Å². The predicted molar refractivity (Wildman–Crippen MR) is 118 cm³/mol. The van der Waals surface area contributed by atoms with E-state index in [0.29, 0.717) is 60.6 Å². The van der Waals surface area contributed by atoms with E-state index in [1.54, 1.807) is 37.4 Å². The SMILES string of the molecule is COCCOC(=O)NC1CCN(c2nc(-c3ccccc3O)nc3ccc(F)cc23)CC1. The standard InChI is InChI=1S/C23H25FN4O4/c1-31-12-13-32-23(30)25-16-8-10-28(11-9-16)22-18-14-15(24)6-7-19(18)26-21(27-22)17-4-2-3-5-20(17)29/h2-7,14,16,29H,8-13H2,1H3,(H,25,30). The van der Waals surface area contributed by atoms with Gasteiger partial charge in [-0.2, -0.15) is 0 Å². The molecule has 1 amide bonds. The minimum Gasteiger partial charge on any atom is -0.507 e. The molecule has 2 aromatic carbocycles. The molecule has 4 rings (SSSR count). The van der Waals surface area contributed by atoms with Gasteiger partial charge in [0.1, 0.15) is 24.0 Å². The zero-order valence-electron chi connectivity index (χ0n) is 17.8. The van der Waals surface area contributed by atoms with Crippen LogP contribution >= 0.6 is 0 Å². The van der Waals surface area contributed by atoms with Crippen molar-refractivity contribution in [1.29, 1.82) is 0 Å². The molecule has 168 valence electrons. The molecule has 0 saturated carbocycles. The third kappa shape index (κ3) is 4.88. The van der Waals surface area contributed by atoms with Gasteiger partial charge in [-0.25, -0.2) is 19.2 Å². The lowest BCUT2D eigenvalue weighted by molar-refractivity contribution is 0.0956.